The van der Waals surface area contributed by atoms with E-state index in [4.69, 9.17) is 5.73 Å². The number of nitrogens with one attached hydrogen (secondary N) is 2. The maximum Gasteiger partial charge on any atom is 0.268 e. The highest BCUT2D eigenvalue weighted by Crippen LogP contribution is 2.05. The molecule has 2 heterocycles. The van der Waals surface area contributed by atoms with Crippen molar-refractivity contribution in [3.8, 4) is 0 Å². The van der Waals surface area contributed by atoms with Crippen LogP contribution in [0.25, 0.3) is 0 Å². The highest BCUT2D eigenvalue weighted by Gasteiger charge is 2.07. The van der Waals surface area contributed by atoms with Gasteiger partial charge in [-0.3, -0.25) is 4.79 Å². The molecule has 0 atom stereocenters. The van der Waals surface area contributed by atoms with Gasteiger partial charge < -0.3 is 16.0 Å². The second-order valence-corrected chi connectivity index (χ2v) is 3.73. The number of aromatic nitrogens is 2. The number of amides is 1. The van der Waals surface area contributed by atoms with Gasteiger partial charge in [-0.1, -0.05) is 0 Å². The number of rotatable bonds is 3. The molecule has 2 aromatic heterocycles. The van der Waals surface area contributed by atoms with Gasteiger partial charge in [0.2, 0.25) is 0 Å². The van der Waals surface area contributed by atoms with E-state index in [-0.39, 0.29) is 5.91 Å². The van der Waals surface area contributed by atoms with Gasteiger partial charge in [0.25, 0.3) is 5.91 Å². The molecule has 0 aliphatic heterocycles. The summed E-state index contributed by atoms with van der Waals surface area (Å²) in [4.78, 5) is 18.4. The molecular weight excluding hydrogens is 212 g/mol. The van der Waals surface area contributed by atoms with Crippen LogP contribution in [0, 0.1) is 0 Å². The monoisotopic (exact) mass is 222 g/mol. The molecule has 0 aromatic carbocycles. The van der Waals surface area contributed by atoms with Crippen LogP contribution >= 0.6 is 11.3 Å². The molecule has 15 heavy (non-hydrogen) atoms. The van der Waals surface area contributed by atoms with Gasteiger partial charge in [0, 0.05) is 17.3 Å². The van der Waals surface area contributed by atoms with E-state index < -0.39 is 0 Å². The van der Waals surface area contributed by atoms with E-state index in [0.29, 0.717) is 17.9 Å². The minimum Gasteiger partial charge on any atom is -0.397 e. The van der Waals surface area contributed by atoms with Crippen LogP contribution in [0.1, 0.15) is 16.2 Å². The number of anilines is 1. The highest BCUT2D eigenvalue weighted by atomic mass is 32.1. The minimum absolute atomic E-state index is 0.181. The second-order valence-electron chi connectivity index (χ2n) is 3.01. The van der Waals surface area contributed by atoms with Crippen LogP contribution in [0.2, 0.25) is 0 Å². The third-order valence-electron chi connectivity index (χ3n) is 1.86. The summed E-state index contributed by atoms with van der Waals surface area (Å²) in [5.74, 6) is -0.181. The predicted octanol–water partition coefficient (Wildman–Crippen LogP) is 0.983. The van der Waals surface area contributed by atoms with Crippen molar-refractivity contribution in [1.29, 1.82) is 0 Å². The van der Waals surface area contributed by atoms with E-state index in [1.165, 1.54) is 11.3 Å². The molecule has 0 radical (unpaired) electrons. The Labute approximate surface area is 90.3 Å². The fourth-order valence-corrected chi connectivity index (χ4v) is 1.69. The number of carbonyl (C=O) groups is 1. The van der Waals surface area contributed by atoms with Crippen molar-refractivity contribution in [2.45, 2.75) is 6.54 Å². The van der Waals surface area contributed by atoms with Crippen molar-refractivity contribution in [2.75, 3.05) is 5.73 Å². The molecule has 4 N–H and O–H groups in total. The van der Waals surface area contributed by atoms with Crippen molar-refractivity contribution in [3.05, 3.63) is 34.5 Å². The van der Waals surface area contributed by atoms with Crippen LogP contribution in [-0.4, -0.2) is 15.9 Å². The Morgan fingerprint density at radius 2 is 2.53 bits per heavy atom. The molecule has 0 unspecified atom stereocenters. The Morgan fingerprint density at radius 1 is 1.67 bits per heavy atom. The first-order valence-electron chi connectivity index (χ1n) is 4.35. The van der Waals surface area contributed by atoms with E-state index >= 15 is 0 Å². The fourth-order valence-electron chi connectivity index (χ4n) is 1.13. The van der Waals surface area contributed by atoms with E-state index in [2.05, 4.69) is 15.3 Å². The molecular formula is C9H10N4OS. The molecule has 0 aliphatic rings. The van der Waals surface area contributed by atoms with Gasteiger partial charge in [-0.05, 0) is 6.07 Å². The first-order chi connectivity index (χ1) is 7.25. The van der Waals surface area contributed by atoms with Gasteiger partial charge in [0.1, 0.15) is 5.69 Å². The lowest BCUT2D eigenvalue weighted by Crippen LogP contribution is -2.23. The quantitative estimate of drug-likeness (QED) is 0.724. The molecule has 2 aromatic rings. The smallest absolute Gasteiger partial charge is 0.268 e. The first kappa shape index (κ1) is 9.72. The summed E-state index contributed by atoms with van der Waals surface area (Å²) < 4.78 is 0. The Bertz CT molecular complexity index is 448. The molecule has 78 valence electrons. The summed E-state index contributed by atoms with van der Waals surface area (Å²) in [6.45, 7) is 0.432. The number of carbonyl (C=O) groups excluding carboxylic acids is 1. The summed E-state index contributed by atoms with van der Waals surface area (Å²) in [6.07, 6.45) is 1.58. The van der Waals surface area contributed by atoms with Crippen LogP contribution in [-0.2, 0) is 6.54 Å². The van der Waals surface area contributed by atoms with Gasteiger partial charge in [-0.15, -0.1) is 11.3 Å². The number of hydrogen-bond donors (Lipinski definition) is 3. The Kier molecular flexibility index (Phi) is 2.68. The fraction of sp³-hybridized carbons (Fsp3) is 0.111. The van der Waals surface area contributed by atoms with E-state index in [9.17, 15) is 4.79 Å². The topological polar surface area (TPSA) is 83.8 Å². The van der Waals surface area contributed by atoms with Crippen molar-refractivity contribution >= 4 is 22.9 Å². The predicted molar refractivity (Wildman–Crippen MR) is 58.5 cm³/mol. The number of nitrogen functional groups attached to an aromatic ring is 1. The number of thiazole rings is 1. The number of nitrogens with two attached hydrogens (primary N) is 1. The van der Waals surface area contributed by atoms with Gasteiger partial charge in [-0.2, -0.15) is 0 Å². The van der Waals surface area contributed by atoms with Crippen LogP contribution < -0.4 is 11.1 Å². The summed E-state index contributed by atoms with van der Waals surface area (Å²) in [7, 11) is 0. The van der Waals surface area contributed by atoms with Crippen molar-refractivity contribution in [2.24, 2.45) is 0 Å². The summed E-state index contributed by atoms with van der Waals surface area (Å²) in [5.41, 5.74) is 9.08. The molecule has 0 saturated carbocycles. The molecule has 0 bridgehead atoms. The Morgan fingerprint density at radius 3 is 3.13 bits per heavy atom. The normalized spacial score (nSPS) is 10.1. The second kappa shape index (κ2) is 4.14. The third kappa shape index (κ3) is 2.35. The first-order valence-corrected chi connectivity index (χ1v) is 5.29. The molecule has 2 rings (SSSR count). The number of aromatic amines is 1. The lowest BCUT2D eigenvalue weighted by atomic mass is 10.4. The third-order valence-corrected chi connectivity index (χ3v) is 2.50. The van der Waals surface area contributed by atoms with Crippen LogP contribution in [0.15, 0.2) is 23.2 Å². The maximum atomic E-state index is 11.5. The molecule has 0 spiro atoms. The van der Waals surface area contributed by atoms with Gasteiger partial charge in [0.15, 0.2) is 0 Å². The standard InChI is InChI=1S/C9H10N4OS/c10-6-1-8(11-2-6)9(14)12-3-7-4-15-5-13-7/h1-2,4-5,11H,3,10H2,(H,12,14). The average molecular weight is 222 g/mol. The summed E-state index contributed by atoms with van der Waals surface area (Å²) >= 11 is 1.50. The van der Waals surface area contributed by atoms with E-state index in [1.54, 1.807) is 17.8 Å². The highest BCUT2D eigenvalue weighted by molar-refractivity contribution is 7.07. The molecule has 0 aliphatic carbocycles. The number of nitrogens with zero attached hydrogens (tertiary/aromatic N) is 1. The van der Waals surface area contributed by atoms with E-state index in [1.807, 2.05) is 5.38 Å². The number of hydrogen-bond acceptors (Lipinski definition) is 4. The molecule has 1 amide bonds. The van der Waals surface area contributed by atoms with Crippen molar-refractivity contribution in [3.63, 3.8) is 0 Å². The van der Waals surface area contributed by atoms with Crippen molar-refractivity contribution < 1.29 is 4.79 Å². The molecule has 0 saturated heterocycles. The van der Waals surface area contributed by atoms with Gasteiger partial charge in [0.05, 0.1) is 17.7 Å². The van der Waals surface area contributed by atoms with Crippen molar-refractivity contribution in [1.82, 2.24) is 15.3 Å². The number of H-pyrrole nitrogens is 1. The summed E-state index contributed by atoms with van der Waals surface area (Å²) in [5, 5.41) is 4.63. The zero-order valence-corrected chi connectivity index (χ0v) is 8.67. The molecule has 5 nitrogen and oxygen atoms in total. The summed E-state index contributed by atoms with van der Waals surface area (Å²) in [6, 6.07) is 1.59. The van der Waals surface area contributed by atoms with Crippen LogP contribution in [0.4, 0.5) is 5.69 Å². The minimum atomic E-state index is -0.181. The Hall–Kier alpha value is -1.82. The Balaban J connectivity index is 1.93. The largest absolute Gasteiger partial charge is 0.397 e. The van der Waals surface area contributed by atoms with Gasteiger partial charge in [-0.25, -0.2) is 4.98 Å². The van der Waals surface area contributed by atoms with Crippen LogP contribution in [0.5, 0.6) is 0 Å². The average Bonchev–Trinajstić information content (AvgIpc) is 2.84. The SMILES string of the molecule is Nc1c[nH]c(C(=O)NCc2cscn2)c1. The lowest BCUT2D eigenvalue weighted by molar-refractivity contribution is 0.0946. The van der Waals surface area contributed by atoms with E-state index in [0.717, 1.165) is 5.69 Å². The van der Waals surface area contributed by atoms with Gasteiger partial charge >= 0.3 is 0 Å². The van der Waals surface area contributed by atoms with Crippen LogP contribution in [0.3, 0.4) is 0 Å². The zero-order valence-electron chi connectivity index (χ0n) is 7.86. The lowest BCUT2D eigenvalue weighted by Gasteiger charge is -2.00. The molecule has 0 fully saturated rings. The zero-order chi connectivity index (χ0) is 10.7. The maximum absolute atomic E-state index is 11.5. The molecule has 6 heteroatoms.